The van der Waals surface area contributed by atoms with Gasteiger partial charge in [0.15, 0.2) is 0 Å². The molecule has 0 radical (unpaired) electrons. The van der Waals surface area contributed by atoms with Gasteiger partial charge in [-0.05, 0) is 48.0 Å². The quantitative estimate of drug-likeness (QED) is 0.635. The number of carbonyl (C=O) groups excluding carboxylic acids is 1. The lowest BCUT2D eigenvalue weighted by Gasteiger charge is -2.09. The molecule has 0 spiro atoms. The summed E-state index contributed by atoms with van der Waals surface area (Å²) < 4.78 is 5.02. The number of hydrogen-bond acceptors (Lipinski definition) is 5. The van der Waals surface area contributed by atoms with Gasteiger partial charge in [-0.15, -0.1) is 11.8 Å². The highest BCUT2D eigenvalue weighted by Gasteiger charge is 2.12. The van der Waals surface area contributed by atoms with Gasteiger partial charge in [0.05, 0.1) is 12.7 Å². The third-order valence-electron chi connectivity index (χ3n) is 3.69. The molecule has 5 nitrogen and oxygen atoms in total. The lowest BCUT2D eigenvalue weighted by atomic mass is 10.1. The van der Waals surface area contributed by atoms with Gasteiger partial charge in [0, 0.05) is 34.8 Å². The molecule has 3 aromatic rings. The van der Waals surface area contributed by atoms with Crippen molar-refractivity contribution >= 4 is 23.4 Å². The largest absolute Gasteiger partial charge is 0.507 e. The van der Waals surface area contributed by atoms with E-state index in [1.54, 1.807) is 24.0 Å². The SMILES string of the molecule is COc1ccc(C(=O)Nc2ccc(SCc3cccnc3)cc2)c(O)c1. The van der Waals surface area contributed by atoms with Crippen LogP contribution >= 0.6 is 11.8 Å². The van der Waals surface area contributed by atoms with Gasteiger partial charge in [0.25, 0.3) is 5.91 Å². The first kappa shape index (κ1) is 17.8. The predicted molar refractivity (Wildman–Crippen MR) is 103 cm³/mol. The van der Waals surface area contributed by atoms with Crippen LogP contribution in [0.1, 0.15) is 15.9 Å². The fourth-order valence-electron chi connectivity index (χ4n) is 2.31. The van der Waals surface area contributed by atoms with Gasteiger partial charge in [0.2, 0.25) is 0 Å². The summed E-state index contributed by atoms with van der Waals surface area (Å²) in [6.45, 7) is 0. The number of aromatic nitrogens is 1. The van der Waals surface area contributed by atoms with E-state index < -0.39 is 0 Å². The molecule has 1 heterocycles. The maximum atomic E-state index is 12.3. The topological polar surface area (TPSA) is 71.5 Å². The van der Waals surface area contributed by atoms with E-state index in [0.29, 0.717) is 11.4 Å². The Bertz CT molecular complexity index is 883. The smallest absolute Gasteiger partial charge is 0.259 e. The molecule has 0 aliphatic heterocycles. The maximum absolute atomic E-state index is 12.3. The Morgan fingerprint density at radius 3 is 2.65 bits per heavy atom. The van der Waals surface area contributed by atoms with Crippen molar-refractivity contribution in [2.45, 2.75) is 10.6 Å². The van der Waals surface area contributed by atoms with Crippen molar-refractivity contribution in [2.24, 2.45) is 0 Å². The van der Waals surface area contributed by atoms with Gasteiger partial charge in [-0.3, -0.25) is 9.78 Å². The van der Waals surface area contributed by atoms with Crippen LogP contribution < -0.4 is 10.1 Å². The van der Waals surface area contributed by atoms with Crippen molar-refractivity contribution < 1.29 is 14.6 Å². The Morgan fingerprint density at radius 1 is 1.19 bits per heavy atom. The second kappa shape index (κ2) is 8.40. The van der Waals surface area contributed by atoms with Gasteiger partial charge in [-0.2, -0.15) is 0 Å². The summed E-state index contributed by atoms with van der Waals surface area (Å²) in [5.41, 5.74) is 2.02. The van der Waals surface area contributed by atoms with Gasteiger partial charge in [-0.1, -0.05) is 6.07 Å². The first-order chi connectivity index (χ1) is 12.7. The number of aromatic hydroxyl groups is 1. The van der Waals surface area contributed by atoms with Crippen LogP contribution in [0.2, 0.25) is 0 Å². The summed E-state index contributed by atoms with van der Waals surface area (Å²) >= 11 is 1.70. The number of amides is 1. The molecular formula is C20H18N2O3S. The fraction of sp³-hybridized carbons (Fsp3) is 0.100. The van der Waals surface area contributed by atoms with Crippen molar-refractivity contribution in [2.75, 3.05) is 12.4 Å². The molecule has 0 bridgehead atoms. The lowest BCUT2D eigenvalue weighted by Crippen LogP contribution is -2.12. The van der Waals surface area contributed by atoms with E-state index in [2.05, 4.69) is 10.3 Å². The van der Waals surface area contributed by atoms with Gasteiger partial charge in [-0.25, -0.2) is 0 Å². The molecular weight excluding hydrogens is 348 g/mol. The van der Waals surface area contributed by atoms with Crippen LogP contribution in [0.15, 0.2) is 71.9 Å². The standard InChI is InChI=1S/C20H18N2O3S/c1-25-16-6-9-18(19(23)11-16)20(24)22-15-4-7-17(8-5-15)26-13-14-3-2-10-21-12-14/h2-12,23H,13H2,1H3,(H,22,24). The molecule has 2 aromatic carbocycles. The van der Waals surface area contributed by atoms with E-state index in [0.717, 1.165) is 16.2 Å². The summed E-state index contributed by atoms with van der Waals surface area (Å²) in [4.78, 5) is 17.5. The molecule has 0 atom stereocenters. The molecule has 3 rings (SSSR count). The zero-order valence-corrected chi connectivity index (χ0v) is 15.0. The first-order valence-corrected chi connectivity index (χ1v) is 8.94. The zero-order chi connectivity index (χ0) is 18.4. The molecule has 0 fully saturated rings. The van der Waals surface area contributed by atoms with Crippen molar-refractivity contribution in [1.82, 2.24) is 4.98 Å². The molecule has 0 unspecified atom stereocenters. The molecule has 0 aliphatic rings. The number of pyridine rings is 1. The third-order valence-corrected chi connectivity index (χ3v) is 4.77. The average Bonchev–Trinajstić information content (AvgIpc) is 2.68. The number of carbonyl (C=O) groups is 1. The molecule has 0 saturated carbocycles. The molecule has 6 heteroatoms. The summed E-state index contributed by atoms with van der Waals surface area (Å²) in [7, 11) is 1.50. The van der Waals surface area contributed by atoms with Crippen molar-refractivity contribution in [1.29, 1.82) is 0 Å². The molecule has 1 aromatic heterocycles. The number of phenols is 1. The van der Waals surface area contributed by atoms with Gasteiger partial charge < -0.3 is 15.2 Å². The highest BCUT2D eigenvalue weighted by molar-refractivity contribution is 7.98. The number of nitrogens with zero attached hydrogens (tertiary/aromatic N) is 1. The van der Waals surface area contributed by atoms with Crippen molar-refractivity contribution in [3.63, 3.8) is 0 Å². The number of phenolic OH excluding ortho intramolecular Hbond substituents is 1. The van der Waals surface area contributed by atoms with E-state index in [1.165, 1.54) is 19.2 Å². The molecule has 0 aliphatic carbocycles. The normalized spacial score (nSPS) is 10.3. The number of rotatable bonds is 6. The summed E-state index contributed by atoms with van der Waals surface area (Å²) in [5, 5.41) is 12.7. The van der Waals surface area contributed by atoms with Gasteiger partial charge >= 0.3 is 0 Å². The Hall–Kier alpha value is -2.99. The Morgan fingerprint density at radius 2 is 2.00 bits per heavy atom. The summed E-state index contributed by atoms with van der Waals surface area (Å²) in [6, 6.07) is 16.1. The predicted octanol–water partition coefficient (Wildman–Crippen LogP) is 4.34. The van der Waals surface area contributed by atoms with E-state index in [4.69, 9.17) is 4.74 Å². The van der Waals surface area contributed by atoms with Crippen LogP contribution in [0.3, 0.4) is 0 Å². The minimum Gasteiger partial charge on any atom is -0.507 e. The maximum Gasteiger partial charge on any atom is 0.259 e. The average molecular weight is 366 g/mol. The van der Waals surface area contributed by atoms with E-state index in [1.807, 2.05) is 42.6 Å². The summed E-state index contributed by atoms with van der Waals surface area (Å²) in [5.74, 6) is 0.833. The van der Waals surface area contributed by atoms with Crippen LogP contribution in [0.4, 0.5) is 5.69 Å². The van der Waals surface area contributed by atoms with Crippen LogP contribution in [0.5, 0.6) is 11.5 Å². The molecule has 132 valence electrons. The number of hydrogen-bond donors (Lipinski definition) is 2. The molecule has 1 amide bonds. The Balaban J connectivity index is 1.61. The highest BCUT2D eigenvalue weighted by atomic mass is 32.2. The van der Waals surface area contributed by atoms with Crippen LogP contribution in [-0.4, -0.2) is 23.1 Å². The minimum atomic E-state index is -0.374. The number of methoxy groups -OCH3 is 1. The van der Waals surface area contributed by atoms with E-state index in [9.17, 15) is 9.90 Å². The summed E-state index contributed by atoms with van der Waals surface area (Å²) in [6.07, 6.45) is 3.61. The third kappa shape index (κ3) is 4.55. The number of benzene rings is 2. The zero-order valence-electron chi connectivity index (χ0n) is 14.2. The Labute approximate surface area is 156 Å². The van der Waals surface area contributed by atoms with Crippen molar-refractivity contribution in [3.8, 4) is 11.5 Å². The van der Waals surface area contributed by atoms with Gasteiger partial charge in [0.1, 0.15) is 11.5 Å². The number of ether oxygens (including phenoxy) is 1. The number of thioether (sulfide) groups is 1. The highest BCUT2D eigenvalue weighted by Crippen LogP contribution is 2.26. The number of anilines is 1. The molecule has 0 saturated heterocycles. The van der Waals surface area contributed by atoms with Crippen LogP contribution in [-0.2, 0) is 5.75 Å². The molecule has 26 heavy (non-hydrogen) atoms. The second-order valence-corrected chi connectivity index (χ2v) is 6.56. The minimum absolute atomic E-state index is 0.120. The number of nitrogens with one attached hydrogen (secondary N) is 1. The first-order valence-electron chi connectivity index (χ1n) is 7.96. The van der Waals surface area contributed by atoms with Crippen molar-refractivity contribution in [3.05, 3.63) is 78.1 Å². The van der Waals surface area contributed by atoms with Crippen LogP contribution in [0, 0.1) is 0 Å². The Kier molecular flexibility index (Phi) is 5.76. The van der Waals surface area contributed by atoms with E-state index in [-0.39, 0.29) is 17.2 Å². The monoisotopic (exact) mass is 366 g/mol. The lowest BCUT2D eigenvalue weighted by molar-refractivity contribution is 0.102. The fourth-order valence-corrected chi connectivity index (χ4v) is 3.15. The molecule has 2 N–H and O–H groups in total. The van der Waals surface area contributed by atoms with Crippen LogP contribution in [0.25, 0.3) is 0 Å². The second-order valence-electron chi connectivity index (χ2n) is 5.51. The van der Waals surface area contributed by atoms with E-state index >= 15 is 0 Å².